The second-order valence-corrected chi connectivity index (χ2v) is 6.61. The van der Waals surface area contributed by atoms with Gasteiger partial charge in [-0.3, -0.25) is 4.31 Å². The van der Waals surface area contributed by atoms with Crippen LogP contribution in [0.2, 0.25) is 0 Å². The topological polar surface area (TPSA) is 37.4 Å². The quantitative estimate of drug-likeness (QED) is 0.868. The molecule has 0 saturated carbocycles. The molecule has 5 heteroatoms. The Labute approximate surface area is 118 Å². The van der Waals surface area contributed by atoms with Crippen molar-refractivity contribution in [2.75, 3.05) is 10.6 Å². The standard InChI is InChI=1S/C15H16FNO2S/c1-12-7-9-13(10-8-12)11-17(20(2,18)19)15-6-4-3-5-14(15)16/h3-10H,11H2,1-2H3. The van der Waals surface area contributed by atoms with Crippen molar-refractivity contribution in [1.82, 2.24) is 0 Å². The summed E-state index contributed by atoms with van der Waals surface area (Å²) in [4.78, 5) is 0. The fraction of sp³-hybridized carbons (Fsp3) is 0.200. The molecule has 0 aromatic heterocycles. The molecule has 0 radical (unpaired) electrons. The van der Waals surface area contributed by atoms with Crippen LogP contribution in [0.5, 0.6) is 0 Å². The van der Waals surface area contributed by atoms with Gasteiger partial charge in [0.05, 0.1) is 18.5 Å². The van der Waals surface area contributed by atoms with Crippen LogP contribution in [0.4, 0.5) is 10.1 Å². The molecule has 0 aliphatic rings. The van der Waals surface area contributed by atoms with E-state index in [1.807, 2.05) is 31.2 Å². The van der Waals surface area contributed by atoms with Crippen LogP contribution >= 0.6 is 0 Å². The summed E-state index contributed by atoms with van der Waals surface area (Å²) in [6, 6.07) is 13.3. The number of anilines is 1. The van der Waals surface area contributed by atoms with Crippen LogP contribution in [0, 0.1) is 12.7 Å². The number of hydrogen-bond acceptors (Lipinski definition) is 2. The smallest absolute Gasteiger partial charge is 0.232 e. The molecule has 0 heterocycles. The van der Waals surface area contributed by atoms with Gasteiger partial charge in [-0.15, -0.1) is 0 Å². The SMILES string of the molecule is Cc1ccc(CN(c2ccccc2F)S(C)(=O)=O)cc1. The average molecular weight is 293 g/mol. The summed E-state index contributed by atoms with van der Waals surface area (Å²) in [7, 11) is -3.56. The van der Waals surface area contributed by atoms with Gasteiger partial charge in [-0.25, -0.2) is 12.8 Å². The molecule has 2 aromatic carbocycles. The number of sulfonamides is 1. The predicted molar refractivity (Wildman–Crippen MR) is 78.6 cm³/mol. The van der Waals surface area contributed by atoms with Gasteiger partial charge in [-0.2, -0.15) is 0 Å². The Kier molecular flexibility index (Phi) is 4.09. The lowest BCUT2D eigenvalue weighted by Gasteiger charge is -2.23. The van der Waals surface area contributed by atoms with Gasteiger partial charge in [0.2, 0.25) is 10.0 Å². The van der Waals surface area contributed by atoms with Crippen LogP contribution in [-0.2, 0) is 16.6 Å². The molecular weight excluding hydrogens is 277 g/mol. The molecule has 0 aliphatic heterocycles. The van der Waals surface area contributed by atoms with Crippen molar-refractivity contribution in [1.29, 1.82) is 0 Å². The number of halogens is 1. The fourth-order valence-electron chi connectivity index (χ4n) is 1.89. The summed E-state index contributed by atoms with van der Waals surface area (Å²) in [5.41, 5.74) is 1.96. The Bertz CT molecular complexity index is 696. The van der Waals surface area contributed by atoms with Gasteiger partial charge >= 0.3 is 0 Å². The third-order valence-electron chi connectivity index (χ3n) is 2.97. The molecule has 3 nitrogen and oxygen atoms in total. The number of rotatable bonds is 4. The van der Waals surface area contributed by atoms with E-state index in [1.165, 1.54) is 18.2 Å². The molecule has 0 aliphatic carbocycles. The van der Waals surface area contributed by atoms with Crippen LogP contribution in [0.25, 0.3) is 0 Å². The number of hydrogen-bond donors (Lipinski definition) is 0. The van der Waals surface area contributed by atoms with E-state index >= 15 is 0 Å². The molecular formula is C15H16FNO2S. The summed E-state index contributed by atoms with van der Waals surface area (Å²) in [6.07, 6.45) is 1.08. The lowest BCUT2D eigenvalue weighted by atomic mass is 10.1. The lowest BCUT2D eigenvalue weighted by Crippen LogP contribution is -2.30. The highest BCUT2D eigenvalue weighted by Crippen LogP contribution is 2.23. The minimum atomic E-state index is -3.56. The predicted octanol–water partition coefficient (Wildman–Crippen LogP) is 3.10. The Hall–Kier alpha value is -1.88. The Morgan fingerprint density at radius 1 is 1.05 bits per heavy atom. The first kappa shape index (κ1) is 14.5. The van der Waals surface area contributed by atoms with E-state index in [-0.39, 0.29) is 12.2 Å². The third kappa shape index (κ3) is 3.36. The third-order valence-corrected chi connectivity index (χ3v) is 4.09. The molecule has 0 fully saturated rings. The van der Waals surface area contributed by atoms with E-state index in [9.17, 15) is 12.8 Å². The lowest BCUT2D eigenvalue weighted by molar-refractivity contribution is 0.590. The average Bonchev–Trinajstić information content (AvgIpc) is 2.38. The number of nitrogens with zero attached hydrogens (tertiary/aromatic N) is 1. The molecule has 0 spiro atoms. The van der Waals surface area contributed by atoms with Crippen LogP contribution in [0.3, 0.4) is 0 Å². The minimum absolute atomic E-state index is 0.0653. The maximum atomic E-state index is 13.8. The molecule has 20 heavy (non-hydrogen) atoms. The van der Waals surface area contributed by atoms with E-state index in [0.717, 1.165) is 21.7 Å². The normalized spacial score (nSPS) is 11.3. The highest BCUT2D eigenvalue weighted by molar-refractivity contribution is 7.92. The van der Waals surface area contributed by atoms with E-state index in [1.54, 1.807) is 6.07 Å². The summed E-state index contributed by atoms with van der Waals surface area (Å²) < 4.78 is 38.7. The van der Waals surface area contributed by atoms with Gasteiger partial charge in [0.1, 0.15) is 5.82 Å². The second-order valence-electron chi connectivity index (χ2n) is 4.71. The van der Waals surface area contributed by atoms with Crippen LogP contribution < -0.4 is 4.31 Å². The van der Waals surface area contributed by atoms with E-state index < -0.39 is 15.8 Å². The number of benzene rings is 2. The molecule has 0 atom stereocenters. The zero-order valence-electron chi connectivity index (χ0n) is 11.4. The Morgan fingerprint density at radius 3 is 2.20 bits per heavy atom. The van der Waals surface area contributed by atoms with Gasteiger partial charge in [-0.05, 0) is 24.6 Å². The summed E-state index contributed by atoms with van der Waals surface area (Å²) >= 11 is 0. The van der Waals surface area contributed by atoms with Gasteiger partial charge < -0.3 is 0 Å². The van der Waals surface area contributed by atoms with Gasteiger partial charge in [0.25, 0.3) is 0 Å². The zero-order chi connectivity index (χ0) is 14.8. The fourth-order valence-corrected chi connectivity index (χ4v) is 2.78. The zero-order valence-corrected chi connectivity index (χ0v) is 12.2. The number of aryl methyl sites for hydroxylation is 1. The first-order chi connectivity index (χ1) is 9.38. The maximum Gasteiger partial charge on any atom is 0.232 e. The minimum Gasteiger partial charge on any atom is -0.263 e. The van der Waals surface area contributed by atoms with Crippen LogP contribution in [0.15, 0.2) is 48.5 Å². The van der Waals surface area contributed by atoms with Gasteiger partial charge in [-0.1, -0.05) is 42.0 Å². The van der Waals surface area contributed by atoms with Crippen molar-refractivity contribution in [2.45, 2.75) is 13.5 Å². The van der Waals surface area contributed by atoms with Crippen molar-refractivity contribution in [3.63, 3.8) is 0 Å². The first-order valence-corrected chi connectivity index (χ1v) is 8.00. The summed E-state index contributed by atoms with van der Waals surface area (Å²) in [5, 5.41) is 0. The van der Waals surface area contributed by atoms with Crippen molar-refractivity contribution < 1.29 is 12.8 Å². The molecule has 106 valence electrons. The van der Waals surface area contributed by atoms with Gasteiger partial charge in [0, 0.05) is 0 Å². The van der Waals surface area contributed by atoms with E-state index in [2.05, 4.69) is 0 Å². The molecule has 2 aromatic rings. The Balaban J connectivity index is 2.40. The Morgan fingerprint density at radius 2 is 1.65 bits per heavy atom. The van der Waals surface area contributed by atoms with E-state index in [4.69, 9.17) is 0 Å². The largest absolute Gasteiger partial charge is 0.263 e. The van der Waals surface area contributed by atoms with Crippen molar-refractivity contribution in [2.24, 2.45) is 0 Å². The highest BCUT2D eigenvalue weighted by Gasteiger charge is 2.20. The van der Waals surface area contributed by atoms with Crippen molar-refractivity contribution in [3.8, 4) is 0 Å². The summed E-state index contributed by atoms with van der Waals surface area (Å²) in [5.74, 6) is -0.551. The molecule has 0 bridgehead atoms. The molecule has 0 N–H and O–H groups in total. The molecule has 0 saturated heterocycles. The molecule has 2 rings (SSSR count). The van der Waals surface area contributed by atoms with Gasteiger partial charge in [0.15, 0.2) is 0 Å². The summed E-state index contributed by atoms with van der Waals surface area (Å²) in [6.45, 7) is 2.06. The van der Waals surface area contributed by atoms with Crippen molar-refractivity contribution in [3.05, 3.63) is 65.5 Å². The molecule has 0 unspecified atom stereocenters. The maximum absolute atomic E-state index is 13.8. The van der Waals surface area contributed by atoms with Crippen LogP contribution in [0.1, 0.15) is 11.1 Å². The van der Waals surface area contributed by atoms with Crippen LogP contribution in [-0.4, -0.2) is 14.7 Å². The highest BCUT2D eigenvalue weighted by atomic mass is 32.2. The van der Waals surface area contributed by atoms with E-state index in [0.29, 0.717) is 0 Å². The first-order valence-electron chi connectivity index (χ1n) is 6.16. The number of para-hydroxylation sites is 1. The monoisotopic (exact) mass is 293 g/mol. The van der Waals surface area contributed by atoms with Crippen molar-refractivity contribution >= 4 is 15.7 Å². The molecule has 0 amide bonds. The second kappa shape index (κ2) is 5.63.